The van der Waals surface area contributed by atoms with Gasteiger partial charge in [-0.2, -0.15) is 0 Å². The number of methoxy groups -OCH3 is 1. The van der Waals surface area contributed by atoms with Crippen LogP contribution in [0.2, 0.25) is 0 Å². The summed E-state index contributed by atoms with van der Waals surface area (Å²) in [5.41, 5.74) is 0.980. The number of hydrogen-bond acceptors (Lipinski definition) is 4. The number of para-hydroxylation sites is 1. The highest BCUT2D eigenvalue weighted by Gasteiger charge is 2.29. The van der Waals surface area contributed by atoms with Crippen molar-refractivity contribution in [3.63, 3.8) is 0 Å². The Morgan fingerprint density at radius 3 is 2.80 bits per heavy atom. The van der Waals surface area contributed by atoms with Crippen LogP contribution >= 0.6 is 0 Å². The van der Waals surface area contributed by atoms with Crippen molar-refractivity contribution in [2.45, 2.75) is 25.4 Å². The van der Waals surface area contributed by atoms with Crippen molar-refractivity contribution >= 4 is 5.91 Å². The second-order valence-corrected chi connectivity index (χ2v) is 5.00. The minimum Gasteiger partial charge on any atom is -0.493 e. The average Bonchev–Trinajstić information content (AvgIpc) is 3.29. The number of ether oxygens (including phenoxy) is 2. The van der Waals surface area contributed by atoms with E-state index in [4.69, 9.17) is 9.47 Å². The first-order valence-electron chi connectivity index (χ1n) is 6.86. The molecule has 1 amide bonds. The molecule has 0 atom stereocenters. The summed E-state index contributed by atoms with van der Waals surface area (Å²) < 4.78 is 11.0. The number of rotatable bonds is 7. The molecule has 0 heterocycles. The normalized spacial score (nSPS) is 13.9. The maximum Gasteiger partial charge on any atom is 0.260 e. The molecule has 2 rings (SSSR count). The van der Waals surface area contributed by atoms with E-state index in [0.29, 0.717) is 24.1 Å². The number of amides is 1. The zero-order valence-electron chi connectivity index (χ0n) is 12.3. The van der Waals surface area contributed by atoms with Crippen LogP contribution in [0.4, 0.5) is 0 Å². The van der Waals surface area contributed by atoms with E-state index in [2.05, 4.69) is 5.32 Å². The molecule has 1 aromatic rings. The number of carbonyl (C=O) groups is 1. The van der Waals surface area contributed by atoms with Crippen LogP contribution in [-0.2, 0) is 11.3 Å². The molecule has 0 saturated heterocycles. The fourth-order valence-corrected chi connectivity index (χ4v) is 2.12. The van der Waals surface area contributed by atoms with E-state index < -0.39 is 0 Å². The lowest BCUT2D eigenvalue weighted by Gasteiger charge is -2.19. The number of hydrogen-bond donors (Lipinski definition) is 1. The average molecular weight is 278 g/mol. The van der Waals surface area contributed by atoms with Crippen molar-refractivity contribution in [2.24, 2.45) is 0 Å². The molecule has 1 fully saturated rings. The maximum atomic E-state index is 12.0. The van der Waals surface area contributed by atoms with Gasteiger partial charge in [-0.15, -0.1) is 0 Å². The standard InChI is InChI=1S/C15H22N2O3/c1-16-9-11-5-4-6-13(19-3)15(11)20-10-14(18)17(2)12-7-8-12/h4-6,12,16H,7-10H2,1-3H3. The van der Waals surface area contributed by atoms with Crippen LogP contribution in [0.5, 0.6) is 11.5 Å². The zero-order chi connectivity index (χ0) is 14.5. The Morgan fingerprint density at radius 2 is 2.20 bits per heavy atom. The van der Waals surface area contributed by atoms with E-state index in [-0.39, 0.29) is 12.5 Å². The molecular weight excluding hydrogens is 256 g/mol. The van der Waals surface area contributed by atoms with Gasteiger partial charge in [-0.1, -0.05) is 12.1 Å². The van der Waals surface area contributed by atoms with Crippen LogP contribution in [-0.4, -0.2) is 44.7 Å². The molecule has 0 bridgehead atoms. The fraction of sp³-hybridized carbons (Fsp3) is 0.533. The molecule has 110 valence electrons. The quantitative estimate of drug-likeness (QED) is 0.819. The summed E-state index contributed by atoms with van der Waals surface area (Å²) in [4.78, 5) is 13.8. The van der Waals surface area contributed by atoms with Crippen molar-refractivity contribution in [3.8, 4) is 11.5 Å². The van der Waals surface area contributed by atoms with Gasteiger partial charge in [0.15, 0.2) is 18.1 Å². The van der Waals surface area contributed by atoms with Gasteiger partial charge in [0, 0.05) is 25.2 Å². The van der Waals surface area contributed by atoms with Crippen molar-refractivity contribution in [3.05, 3.63) is 23.8 Å². The van der Waals surface area contributed by atoms with Gasteiger partial charge in [-0.25, -0.2) is 0 Å². The van der Waals surface area contributed by atoms with E-state index in [1.54, 1.807) is 12.0 Å². The first-order valence-corrected chi connectivity index (χ1v) is 6.86. The molecule has 1 aliphatic rings. The van der Waals surface area contributed by atoms with Crippen LogP contribution < -0.4 is 14.8 Å². The molecule has 5 heteroatoms. The third-order valence-corrected chi connectivity index (χ3v) is 3.48. The molecule has 5 nitrogen and oxygen atoms in total. The predicted molar refractivity (Wildman–Crippen MR) is 77.0 cm³/mol. The Morgan fingerprint density at radius 1 is 1.45 bits per heavy atom. The van der Waals surface area contributed by atoms with Gasteiger partial charge >= 0.3 is 0 Å². The molecule has 0 aromatic heterocycles. The van der Waals surface area contributed by atoms with Crippen LogP contribution in [0.15, 0.2) is 18.2 Å². The van der Waals surface area contributed by atoms with Gasteiger partial charge in [0.1, 0.15) is 0 Å². The van der Waals surface area contributed by atoms with E-state index in [9.17, 15) is 4.79 Å². The summed E-state index contributed by atoms with van der Waals surface area (Å²) in [6, 6.07) is 6.12. The Labute approximate surface area is 119 Å². The fourth-order valence-electron chi connectivity index (χ4n) is 2.12. The molecule has 1 aliphatic carbocycles. The Bertz CT molecular complexity index is 472. The first-order chi connectivity index (χ1) is 9.67. The van der Waals surface area contributed by atoms with Crippen LogP contribution in [0.1, 0.15) is 18.4 Å². The van der Waals surface area contributed by atoms with E-state index in [0.717, 1.165) is 18.4 Å². The third kappa shape index (κ3) is 3.42. The summed E-state index contributed by atoms with van der Waals surface area (Å²) in [6.07, 6.45) is 2.20. The summed E-state index contributed by atoms with van der Waals surface area (Å²) >= 11 is 0. The van der Waals surface area contributed by atoms with Gasteiger partial charge in [-0.3, -0.25) is 4.79 Å². The molecule has 20 heavy (non-hydrogen) atoms. The molecule has 0 aliphatic heterocycles. The summed E-state index contributed by atoms with van der Waals surface area (Å²) in [7, 11) is 5.30. The van der Waals surface area contributed by atoms with Gasteiger partial charge in [0.2, 0.25) is 0 Å². The molecular formula is C15H22N2O3. The van der Waals surface area contributed by atoms with Crippen molar-refractivity contribution in [1.29, 1.82) is 0 Å². The third-order valence-electron chi connectivity index (χ3n) is 3.48. The predicted octanol–water partition coefficient (Wildman–Crippen LogP) is 1.41. The summed E-state index contributed by atoms with van der Waals surface area (Å²) in [5.74, 6) is 1.30. The smallest absolute Gasteiger partial charge is 0.260 e. The lowest BCUT2D eigenvalue weighted by molar-refractivity contribution is -0.132. The minimum absolute atomic E-state index is 0.00816. The summed E-state index contributed by atoms with van der Waals surface area (Å²) in [6.45, 7) is 0.712. The number of nitrogens with zero attached hydrogens (tertiary/aromatic N) is 1. The van der Waals surface area contributed by atoms with E-state index in [1.165, 1.54) is 0 Å². The zero-order valence-corrected chi connectivity index (χ0v) is 12.3. The second kappa shape index (κ2) is 6.61. The first kappa shape index (κ1) is 14.7. The SMILES string of the molecule is CNCc1cccc(OC)c1OCC(=O)N(C)C1CC1. The largest absolute Gasteiger partial charge is 0.493 e. The molecule has 1 saturated carbocycles. The Hall–Kier alpha value is -1.75. The second-order valence-electron chi connectivity index (χ2n) is 5.00. The van der Waals surface area contributed by atoms with E-state index in [1.807, 2.05) is 32.3 Å². The van der Waals surface area contributed by atoms with Crippen LogP contribution in [0.3, 0.4) is 0 Å². The minimum atomic E-state index is 0.00816. The number of carbonyl (C=O) groups excluding carboxylic acids is 1. The van der Waals surface area contributed by atoms with Crippen LogP contribution in [0.25, 0.3) is 0 Å². The molecule has 0 radical (unpaired) electrons. The van der Waals surface area contributed by atoms with Crippen molar-refractivity contribution < 1.29 is 14.3 Å². The molecule has 0 unspecified atom stereocenters. The van der Waals surface area contributed by atoms with Gasteiger partial charge in [0.25, 0.3) is 5.91 Å². The molecule has 1 N–H and O–H groups in total. The molecule has 0 spiro atoms. The van der Waals surface area contributed by atoms with Gasteiger partial charge in [-0.05, 0) is 26.0 Å². The Balaban J connectivity index is 2.04. The van der Waals surface area contributed by atoms with Gasteiger partial charge in [0.05, 0.1) is 7.11 Å². The number of nitrogens with one attached hydrogen (secondary N) is 1. The van der Waals surface area contributed by atoms with Crippen LogP contribution in [0, 0.1) is 0 Å². The monoisotopic (exact) mass is 278 g/mol. The maximum absolute atomic E-state index is 12.0. The highest BCUT2D eigenvalue weighted by molar-refractivity contribution is 5.78. The Kier molecular flexibility index (Phi) is 4.84. The van der Waals surface area contributed by atoms with Crippen molar-refractivity contribution in [1.82, 2.24) is 10.2 Å². The number of benzene rings is 1. The molecule has 1 aromatic carbocycles. The van der Waals surface area contributed by atoms with Gasteiger partial charge < -0.3 is 19.7 Å². The highest BCUT2D eigenvalue weighted by Crippen LogP contribution is 2.31. The topological polar surface area (TPSA) is 50.8 Å². The lowest BCUT2D eigenvalue weighted by atomic mass is 10.2. The lowest BCUT2D eigenvalue weighted by Crippen LogP contribution is -2.33. The summed E-state index contributed by atoms with van der Waals surface area (Å²) in [5, 5.41) is 3.08. The number of likely N-dealkylation sites (N-methyl/N-ethyl adjacent to an activating group) is 1. The highest BCUT2D eigenvalue weighted by atomic mass is 16.5. The van der Waals surface area contributed by atoms with Crippen molar-refractivity contribution in [2.75, 3.05) is 27.8 Å². The van der Waals surface area contributed by atoms with E-state index >= 15 is 0 Å².